The Hall–Kier alpha value is -2.89. The van der Waals surface area contributed by atoms with Crippen LogP contribution in [0.1, 0.15) is 41.8 Å². The first kappa shape index (κ1) is 20.4. The number of Topliss-reactive ketones (excluding diaryl/α,β-unsaturated/α-hetero) is 1. The Balaban J connectivity index is 1.87. The number of benzene rings is 2. The third kappa shape index (κ3) is 3.55. The first-order chi connectivity index (χ1) is 14.4. The highest BCUT2D eigenvalue weighted by atomic mass is 35.5. The number of halogens is 1. The van der Waals surface area contributed by atoms with Crippen LogP contribution in [0.5, 0.6) is 0 Å². The molecule has 1 amide bonds. The molecule has 1 aliphatic rings. The molecular formula is C24H20ClNO3S. The van der Waals surface area contributed by atoms with Crippen LogP contribution in [0.25, 0.3) is 5.76 Å². The number of nitrogens with zero attached hydrogens (tertiary/aromatic N) is 1. The first-order valence-electron chi connectivity index (χ1n) is 9.58. The summed E-state index contributed by atoms with van der Waals surface area (Å²) in [5, 5.41) is 13.4. The van der Waals surface area contributed by atoms with Gasteiger partial charge < -0.3 is 5.11 Å². The molecule has 1 atom stereocenters. The molecule has 1 fully saturated rings. The van der Waals surface area contributed by atoms with E-state index in [1.807, 2.05) is 41.8 Å². The summed E-state index contributed by atoms with van der Waals surface area (Å²) in [6.07, 6.45) is 0. The van der Waals surface area contributed by atoms with E-state index in [1.165, 1.54) is 16.2 Å². The van der Waals surface area contributed by atoms with Gasteiger partial charge in [-0.25, -0.2) is 0 Å². The molecule has 0 spiro atoms. The minimum Gasteiger partial charge on any atom is -0.507 e. The van der Waals surface area contributed by atoms with Crippen LogP contribution < -0.4 is 4.90 Å². The van der Waals surface area contributed by atoms with Crippen molar-refractivity contribution in [3.8, 4) is 0 Å². The Bertz CT molecular complexity index is 1120. The highest BCUT2D eigenvalue weighted by Gasteiger charge is 2.47. The molecule has 0 bridgehead atoms. The van der Waals surface area contributed by atoms with Crippen molar-refractivity contribution in [2.75, 3.05) is 4.90 Å². The van der Waals surface area contributed by atoms with Crippen LogP contribution in [0, 0.1) is 0 Å². The van der Waals surface area contributed by atoms with E-state index >= 15 is 0 Å². The molecule has 2 heterocycles. The summed E-state index contributed by atoms with van der Waals surface area (Å²) in [6.45, 7) is 4.19. The number of carbonyl (C=O) groups excluding carboxylic acids is 2. The van der Waals surface area contributed by atoms with Crippen molar-refractivity contribution < 1.29 is 14.7 Å². The number of rotatable bonds is 4. The fourth-order valence-corrected chi connectivity index (χ4v) is 4.55. The monoisotopic (exact) mass is 437 g/mol. The lowest BCUT2D eigenvalue weighted by Gasteiger charge is -2.24. The lowest BCUT2D eigenvalue weighted by atomic mass is 9.99. The van der Waals surface area contributed by atoms with Gasteiger partial charge in [0.25, 0.3) is 11.7 Å². The minimum atomic E-state index is -0.700. The average molecular weight is 438 g/mol. The van der Waals surface area contributed by atoms with Gasteiger partial charge in [-0.15, -0.1) is 11.3 Å². The first-order valence-corrected chi connectivity index (χ1v) is 10.8. The summed E-state index contributed by atoms with van der Waals surface area (Å²) in [5.41, 5.74) is 2.28. The molecule has 6 heteroatoms. The summed E-state index contributed by atoms with van der Waals surface area (Å²) < 4.78 is 0. The van der Waals surface area contributed by atoms with E-state index in [-0.39, 0.29) is 11.3 Å². The van der Waals surface area contributed by atoms with Crippen molar-refractivity contribution in [1.82, 2.24) is 0 Å². The molecule has 1 unspecified atom stereocenters. The van der Waals surface area contributed by atoms with E-state index in [2.05, 4.69) is 13.8 Å². The Morgan fingerprint density at radius 3 is 2.27 bits per heavy atom. The molecule has 4 nitrogen and oxygen atoms in total. The molecule has 0 radical (unpaired) electrons. The normalized spacial score (nSPS) is 18.4. The molecule has 4 rings (SSSR count). The molecule has 1 aliphatic heterocycles. The highest BCUT2D eigenvalue weighted by Crippen LogP contribution is 2.43. The highest BCUT2D eigenvalue weighted by molar-refractivity contribution is 7.10. The SMILES string of the molecule is CC(C)c1ccc(N2C(=O)C(=O)/C(=C(\O)c3ccc(Cl)cc3)C2c2cccs2)cc1. The van der Waals surface area contributed by atoms with Crippen LogP contribution in [0.15, 0.2) is 71.6 Å². The molecule has 0 aliphatic carbocycles. The molecular weight excluding hydrogens is 418 g/mol. The summed E-state index contributed by atoms with van der Waals surface area (Å²) >= 11 is 7.39. The lowest BCUT2D eigenvalue weighted by Crippen LogP contribution is -2.29. The van der Waals surface area contributed by atoms with Gasteiger partial charge in [-0.1, -0.05) is 43.6 Å². The van der Waals surface area contributed by atoms with Gasteiger partial charge in [0.15, 0.2) is 0 Å². The lowest BCUT2D eigenvalue weighted by molar-refractivity contribution is -0.132. The predicted octanol–water partition coefficient (Wildman–Crippen LogP) is 6.15. The molecule has 2 aromatic carbocycles. The van der Waals surface area contributed by atoms with Crippen molar-refractivity contribution in [1.29, 1.82) is 0 Å². The van der Waals surface area contributed by atoms with Gasteiger partial charge in [-0.05, 0) is 59.3 Å². The largest absolute Gasteiger partial charge is 0.507 e. The van der Waals surface area contributed by atoms with Gasteiger partial charge in [-0.3, -0.25) is 14.5 Å². The van der Waals surface area contributed by atoms with Crippen LogP contribution in [-0.4, -0.2) is 16.8 Å². The fraction of sp³-hybridized carbons (Fsp3) is 0.167. The Labute approximate surface area is 184 Å². The summed E-state index contributed by atoms with van der Waals surface area (Å²) in [6, 6.07) is 17.2. The molecule has 1 aromatic heterocycles. The predicted molar refractivity (Wildman–Crippen MR) is 121 cm³/mol. The third-order valence-electron chi connectivity index (χ3n) is 5.21. The molecule has 0 saturated carbocycles. The van der Waals surface area contributed by atoms with Crippen molar-refractivity contribution in [2.45, 2.75) is 25.8 Å². The molecule has 1 N–H and O–H groups in total. The van der Waals surface area contributed by atoms with Gasteiger partial charge in [-0.2, -0.15) is 0 Å². The Kier molecular flexibility index (Phi) is 5.50. The number of ketones is 1. The van der Waals surface area contributed by atoms with E-state index in [4.69, 9.17) is 11.6 Å². The average Bonchev–Trinajstić information content (AvgIpc) is 3.35. The van der Waals surface area contributed by atoms with Gasteiger partial charge >= 0.3 is 0 Å². The number of carbonyl (C=O) groups is 2. The number of aliphatic hydroxyl groups is 1. The third-order valence-corrected chi connectivity index (χ3v) is 6.39. The fourth-order valence-electron chi connectivity index (χ4n) is 3.60. The number of hydrogen-bond acceptors (Lipinski definition) is 4. The zero-order chi connectivity index (χ0) is 21.4. The Morgan fingerprint density at radius 1 is 1.03 bits per heavy atom. The van der Waals surface area contributed by atoms with Crippen LogP contribution in [0.3, 0.4) is 0 Å². The topological polar surface area (TPSA) is 57.6 Å². The number of thiophene rings is 1. The van der Waals surface area contributed by atoms with Gasteiger partial charge in [0, 0.05) is 21.2 Å². The number of amides is 1. The minimum absolute atomic E-state index is 0.0812. The van der Waals surface area contributed by atoms with E-state index in [9.17, 15) is 14.7 Å². The van der Waals surface area contributed by atoms with Gasteiger partial charge in [0.05, 0.1) is 5.57 Å². The number of aliphatic hydroxyl groups excluding tert-OH is 1. The van der Waals surface area contributed by atoms with Crippen molar-refractivity contribution in [2.24, 2.45) is 0 Å². The van der Waals surface area contributed by atoms with Crippen molar-refractivity contribution >= 4 is 46.1 Å². The van der Waals surface area contributed by atoms with E-state index in [0.29, 0.717) is 22.2 Å². The van der Waals surface area contributed by atoms with Crippen molar-refractivity contribution in [3.63, 3.8) is 0 Å². The zero-order valence-corrected chi connectivity index (χ0v) is 18.1. The maximum atomic E-state index is 13.0. The van der Waals surface area contributed by atoms with Crippen LogP contribution in [-0.2, 0) is 9.59 Å². The molecule has 3 aromatic rings. The summed E-state index contributed by atoms with van der Waals surface area (Å²) in [4.78, 5) is 28.3. The number of hydrogen-bond donors (Lipinski definition) is 1. The van der Waals surface area contributed by atoms with E-state index in [1.54, 1.807) is 24.3 Å². The van der Waals surface area contributed by atoms with Gasteiger partial charge in [0.2, 0.25) is 0 Å². The smallest absolute Gasteiger partial charge is 0.300 e. The summed E-state index contributed by atoms with van der Waals surface area (Å²) in [7, 11) is 0. The van der Waals surface area contributed by atoms with E-state index < -0.39 is 17.7 Å². The second kappa shape index (κ2) is 8.09. The molecule has 30 heavy (non-hydrogen) atoms. The van der Waals surface area contributed by atoms with Crippen molar-refractivity contribution in [3.05, 3.63) is 92.6 Å². The molecule has 1 saturated heterocycles. The quantitative estimate of drug-likeness (QED) is 0.302. The second-order valence-corrected chi connectivity index (χ2v) is 8.85. The standard InChI is InChI=1S/C24H20ClNO3S/c1-14(2)15-7-11-18(12-8-15)26-21(19-4-3-13-30-19)20(23(28)24(26)29)22(27)16-5-9-17(25)10-6-16/h3-14,21,27H,1-2H3/b22-20-. The Morgan fingerprint density at radius 2 is 1.70 bits per heavy atom. The molecule has 152 valence electrons. The van der Waals surface area contributed by atoms with Crippen LogP contribution in [0.2, 0.25) is 5.02 Å². The second-order valence-electron chi connectivity index (χ2n) is 7.44. The van der Waals surface area contributed by atoms with E-state index in [0.717, 1.165) is 10.4 Å². The summed E-state index contributed by atoms with van der Waals surface area (Å²) in [5.74, 6) is -1.20. The maximum absolute atomic E-state index is 13.0. The van der Waals surface area contributed by atoms with Crippen LogP contribution >= 0.6 is 22.9 Å². The number of anilines is 1. The zero-order valence-electron chi connectivity index (χ0n) is 16.5. The van der Waals surface area contributed by atoms with Gasteiger partial charge in [0.1, 0.15) is 11.8 Å². The van der Waals surface area contributed by atoms with Crippen LogP contribution in [0.4, 0.5) is 5.69 Å². The maximum Gasteiger partial charge on any atom is 0.300 e.